The lowest BCUT2D eigenvalue weighted by molar-refractivity contribution is -0.144. The van der Waals surface area contributed by atoms with Crippen LogP contribution < -0.4 is 5.32 Å². The summed E-state index contributed by atoms with van der Waals surface area (Å²) in [6, 6.07) is 8.09. The monoisotopic (exact) mass is 344 g/mol. The van der Waals surface area contributed by atoms with Crippen molar-refractivity contribution in [2.75, 3.05) is 19.8 Å². The molecular formula is C19H24N2O4. The van der Waals surface area contributed by atoms with E-state index in [4.69, 9.17) is 4.74 Å². The van der Waals surface area contributed by atoms with Crippen molar-refractivity contribution in [1.82, 2.24) is 10.3 Å². The van der Waals surface area contributed by atoms with Gasteiger partial charge in [-0.3, -0.25) is 9.59 Å². The van der Waals surface area contributed by atoms with Crippen molar-refractivity contribution in [3.8, 4) is 0 Å². The summed E-state index contributed by atoms with van der Waals surface area (Å²) in [7, 11) is 0. The predicted molar refractivity (Wildman–Crippen MR) is 94.3 cm³/mol. The van der Waals surface area contributed by atoms with Crippen LogP contribution >= 0.6 is 0 Å². The van der Waals surface area contributed by atoms with Crippen molar-refractivity contribution in [3.63, 3.8) is 0 Å². The first-order valence-electron chi connectivity index (χ1n) is 8.77. The number of nitrogens with one attached hydrogen (secondary N) is 2. The SMILES string of the molecule is O=C(CCc1ccc2[nH]ccc2c1)NCC(C(=O)O)C1CCOCC1. The van der Waals surface area contributed by atoms with E-state index in [9.17, 15) is 14.7 Å². The van der Waals surface area contributed by atoms with E-state index in [1.807, 2.05) is 24.4 Å². The van der Waals surface area contributed by atoms with Crippen LogP contribution in [-0.4, -0.2) is 41.7 Å². The number of aliphatic carboxylic acids is 1. The maximum atomic E-state index is 12.1. The molecular weight excluding hydrogens is 320 g/mol. The third kappa shape index (κ3) is 4.60. The van der Waals surface area contributed by atoms with E-state index in [1.165, 1.54) is 0 Å². The lowest BCUT2D eigenvalue weighted by atomic mass is 9.86. The molecule has 25 heavy (non-hydrogen) atoms. The van der Waals surface area contributed by atoms with E-state index in [-0.39, 0.29) is 18.4 Å². The Morgan fingerprint density at radius 1 is 1.28 bits per heavy atom. The van der Waals surface area contributed by atoms with Crippen molar-refractivity contribution < 1.29 is 19.4 Å². The highest BCUT2D eigenvalue weighted by molar-refractivity contribution is 5.81. The zero-order valence-electron chi connectivity index (χ0n) is 14.2. The van der Waals surface area contributed by atoms with Crippen LogP contribution in [0.5, 0.6) is 0 Å². The van der Waals surface area contributed by atoms with Gasteiger partial charge in [-0.25, -0.2) is 0 Å². The molecule has 2 heterocycles. The van der Waals surface area contributed by atoms with Gasteiger partial charge in [0.2, 0.25) is 5.91 Å². The molecule has 3 rings (SSSR count). The minimum atomic E-state index is -0.842. The summed E-state index contributed by atoms with van der Waals surface area (Å²) in [5.74, 6) is -1.41. The molecule has 0 spiro atoms. The first-order chi connectivity index (χ1) is 12.1. The molecule has 1 atom stereocenters. The summed E-state index contributed by atoms with van der Waals surface area (Å²) in [5, 5.41) is 13.4. The first kappa shape index (κ1) is 17.5. The number of aromatic nitrogens is 1. The molecule has 0 bridgehead atoms. The third-order valence-electron chi connectivity index (χ3n) is 4.93. The second-order valence-corrected chi connectivity index (χ2v) is 6.60. The molecule has 1 aromatic carbocycles. The van der Waals surface area contributed by atoms with E-state index in [1.54, 1.807) is 0 Å². The van der Waals surface area contributed by atoms with Gasteiger partial charge in [0.15, 0.2) is 0 Å². The van der Waals surface area contributed by atoms with E-state index in [0.29, 0.717) is 26.1 Å². The Morgan fingerprint density at radius 2 is 2.08 bits per heavy atom. The summed E-state index contributed by atoms with van der Waals surface area (Å²) in [4.78, 5) is 26.7. The number of rotatable bonds is 7. The van der Waals surface area contributed by atoms with Crippen molar-refractivity contribution >= 4 is 22.8 Å². The number of fused-ring (bicyclic) bond motifs is 1. The minimum Gasteiger partial charge on any atom is -0.481 e. The lowest BCUT2D eigenvalue weighted by Crippen LogP contribution is -2.39. The maximum absolute atomic E-state index is 12.1. The number of aryl methyl sites for hydroxylation is 1. The van der Waals surface area contributed by atoms with Gasteiger partial charge >= 0.3 is 5.97 Å². The highest BCUT2D eigenvalue weighted by Gasteiger charge is 2.29. The molecule has 1 saturated heterocycles. The number of aromatic amines is 1. The first-order valence-corrected chi connectivity index (χ1v) is 8.77. The van der Waals surface area contributed by atoms with Gasteiger partial charge in [0.05, 0.1) is 5.92 Å². The van der Waals surface area contributed by atoms with Crippen LogP contribution in [0, 0.1) is 11.8 Å². The fraction of sp³-hybridized carbons (Fsp3) is 0.474. The molecule has 1 amide bonds. The predicted octanol–water partition coefficient (Wildman–Crippen LogP) is 2.34. The molecule has 134 valence electrons. The van der Waals surface area contributed by atoms with E-state index < -0.39 is 11.9 Å². The molecule has 0 radical (unpaired) electrons. The third-order valence-corrected chi connectivity index (χ3v) is 4.93. The van der Waals surface area contributed by atoms with Crippen LogP contribution in [0.1, 0.15) is 24.8 Å². The van der Waals surface area contributed by atoms with Crippen LogP contribution in [0.25, 0.3) is 10.9 Å². The van der Waals surface area contributed by atoms with Gasteiger partial charge in [0.1, 0.15) is 0 Å². The highest BCUT2D eigenvalue weighted by atomic mass is 16.5. The summed E-state index contributed by atoms with van der Waals surface area (Å²) >= 11 is 0. The molecule has 6 nitrogen and oxygen atoms in total. The largest absolute Gasteiger partial charge is 0.481 e. The van der Waals surface area contributed by atoms with Crippen molar-refractivity contribution in [2.24, 2.45) is 11.8 Å². The molecule has 2 aromatic rings. The number of carbonyl (C=O) groups excluding carboxylic acids is 1. The summed E-state index contributed by atoms with van der Waals surface area (Å²) < 4.78 is 5.28. The van der Waals surface area contributed by atoms with Gasteiger partial charge in [0, 0.05) is 37.9 Å². The fourth-order valence-electron chi connectivity index (χ4n) is 3.40. The molecule has 0 aliphatic carbocycles. The van der Waals surface area contributed by atoms with E-state index in [2.05, 4.69) is 16.4 Å². The highest BCUT2D eigenvalue weighted by Crippen LogP contribution is 2.23. The molecule has 3 N–H and O–H groups in total. The van der Waals surface area contributed by atoms with Gasteiger partial charge in [-0.1, -0.05) is 6.07 Å². The van der Waals surface area contributed by atoms with Crippen LogP contribution in [0.15, 0.2) is 30.5 Å². The van der Waals surface area contributed by atoms with Crippen molar-refractivity contribution in [1.29, 1.82) is 0 Å². The number of benzene rings is 1. The second kappa shape index (κ2) is 8.16. The smallest absolute Gasteiger partial charge is 0.308 e. The van der Waals surface area contributed by atoms with Gasteiger partial charge in [0.25, 0.3) is 0 Å². The number of carboxylic acids is 1. The zero-order chi connectivity index (χ0) is 17.6. The van der Waals surface area contributed by atoms with Crippen LogP contribution in [-0.2, 0) is 20.7 Å². The Kier molecular flexibility index (Phi) is 5.71. The Labute approximate surface area is 146 Å². The molecule has 1 unspecified atom stereocenters. The average molecular weight is 344 g/mol. The van der Waals surface area contributed by atoms with Gasteiger partial charge < -0.3 is 20.1 Å². The topological polar surface area (TPSA) is 91.4 Å². The Balaban J connectivity index is 1.48. The van der Waals surface area contributed by atoms with Crippen molar-refractivity contribution in [3.05, 3.63) is 36.0 Å². The van der Waals surface area contributed by atoms with Gasteiger partial charge in [-0.05, 0) is 54.3 Å². The van der Waals surface area contributed by atoms with E-state index in [0.717, 1.165) is 29.3 Å². The van der Waals surface area contributed by atoms with Crippen LogP contribution in [0.3, 0.4) is 0 Å². The lowest BCUT2D eigenvalue weighted by Gasteiger charge is -2.27. The Bertz CT molecular complexity index is 734. The number of hydrogen-bond donors (Lipinski definition) is 3. The van der Waals surface area contributed by atoms with Gasteiger partial charge in [-0.15, -0.1) is 0 Å². The normalized spacial score (nSPS) is 16.6. The summed E-state index contributed by atoms with van der Waals surface area (Å²) in [6.45, 7) is 1.39. The minimum absolute atomic E-state index is 0.0718. The standard InChI is InChI=1S/C19H24N2O4/c22-18(4-2-13-1-3-17-15(11-13)5-8-20-17)21-12-16(19(23)24)14-6-9-25-10-7-14/h1,3,5,8,11,14,16,20H,2,4,6-7,9-10,12H2,(H,21,22)(H,23,24). The molecule has 1 aliphatic rings. The summed E-state index contributed by atoms with van der Waals surface area (Å²) in [6.07, 6.45) is 4.37. The molecule has 6 heteroatoms. The fourth-order valence-corrected chi connectivity index (χ4v) is 3.40. The Morgan fingerprint density at radius 3 is 2.84 bits per heavy atom. The average Bonchev–Trinajstić information content (AvgIpc) is 3.08. The van der Waals surface area contributed by atoms with Crippen molar-refractivity contribution in [2.45, 2.75) is 25.7 Å². The summed E-state index contributed by atoms with van der Waals surface area (Å²) in [5.41, 5.74) is 2.18. The molecule has 1 fully saturated rings. The number of carboxylic acid groups (broad SMARTS) is 1. The van der Waals surface area contributed by atoms with E-state index >= 15 is 0 Å². The molecule has 1 aliphatic heterocycles. The Hall–Kier alpha value is -2.34. The number of hydrogen-bond acceptors (Lipinski definition) is 3. The number of H-pyrrole nitrogens is 1. The number of amides is 1. The number of carbonyl (C=O) groups is 2. The van der Waals surface area contributed by atoms with Crippen LogP contribution in [0.2, 0.25) is 0 Å². The second-order valence-electron chi connectivity index (χ2n) is 6.60. The zero-order valence-corrected chi connectivity index (χ0v) is 14.2. The van der Waals surface area contributed by atoms with Crippen LogP contribution in [0.4, 0.5) is 0 Å². The number of ether oxygens (including phenoxy) is 1. The van der Waals surface area contributed by atoms with Gasteiger partial charge in [-0.2, -0.15) is 0 Å². The maximum Gasteiger partial charge on any atom is 0.308 e. The molecule has 0 saturated carbocycles. The quantitative estimate of drug-likeness (QED) is 0.719. The molecule has 1 aromatic heterocycles.